The first-order chi connectivity index (χ1) is 11.7. The fourth-order valence-corrected chi connectivity index (χ4v) is 2.26. The zero-order valence-electron chi connectivity index (χ0n) is 14.2. The maximum atomic E-state index is 13.3. The first kappa shape index (κ1) is 20.3. The third-order valence-electron chi connectivity index (χ3n) is 3.47. The molecule has 1 rings (SSSR count). The van der Waals surface area contributed by atoms with E-state index in [1.165, 1.54) is 32.0 Å². The Morgan fingerprint density at radius 1 is 1.12 bits per heavy atom. The van der Waals surface area contributed by atoms with Crippen LogP contribution in [-0.2, 0) is 25.6 Å². The van der Waals surface area contributed by atoms with Crippen molar-refractivity contribution in [2.24, 2.45) is 5.73 Å². The molecule has 2 atom stereocenters. The van der Waals surface area contributed by atoms with Gasteiger partial charge < -0.3 is 21.2 Å². The summed E-state index contributed by atoms with van der Waals surface area (Å²) < 4.78 is 13.3. The summed E-state index contributed by atoms with van der Waals surface area (Å²) in [6, 6.07) is 3.60. The molecule has 136 valence electrons. The molecule has 0 heterocycles. The Kier molecular flexibility index (Phi) is 7.71. The number of hydrogen-bond donors (Lipinski definition) is 3. The molecule has 1 aromatic carbocycles. The molecule has 0 aromatic heterocycles. The van der Waals surface area contributed by atoms with Gasteiger partial charge in [0.25, 0.3) is 0 Å². The minimum atomic E-state index is -1.03. The van der Waals surface area contributed by atoms with E-state index in [0.717, 1.165) is 0 Å². The summed E-state index contributed by atoms with van der Waals surface area (Å²) in [5.74, 6) is -2.46. The highest BCUT2D eigenvalue weighted by atomic mass is 19.1. The molecule has 0 spiro atoms. The third-order valence-corrected chi connectivity index (χ3v) is 3.47. The lowest BCUT2D eigenvalue weighted by Gasteiger charge is -2.21. The monoisotopic (exact) mass is 351 g/mol. The Labute approximate surface area is 145 Å². The number of primary amides is 1. The topological polar surface area (TPSA) is 118 Å². The number of benzene rings is 1. The van der Waals surface area contributed by atoms with Crippen molar-refractivity contribution in [2.75, 3.05) is 0 Å². The molecule has 0 bridgehead atoms. The fourth-order valence-electron chi connectivity index (χ4n) is 2.26. The highest BCUT2D eigenvalue weighted by Crippen LogP contribution is 2.08. The van der Waals surface area contributed by atoms with E-state index in [2.05, 4.69) is 10.6 Å². The Morgan fingerprint density at radius 3 is 2.32 bits per heavy atom. The Morgan fingerprint density at radius 2 is 1.80 bits per heavy atom. The molecule has 4 N–H and O–H groups in total. The van der Waals surface area contributed by atoms with Crippen molar-refractivity contribution >= 4 is 23.5 Å². The van der Waals surface area contributed by atoms with Crippen molar-refractivity contribution in [2.45, 2.75) is 45.2 Å². The van der Waals surface area contributed by atoms with E-state index in [0.29, 0.717) is 5.56 Å². The van der Waals surface area contributed by atoms with E-state index < -0.39 is 35.6 Å². The summed E-state index contributed by atoms with van der Waals surface area (Å²) in [6.45, 7) is 2.61. The summed E-state index contributed by atoms with van der Waals surface area (Å²) in [5.41, 5.74) is 5.75. The van der Waals surface area contributed by atoms with Gasteiger partial charge >= 0.3 is 0 Å². The van der Waals surface area contributed by atoms with Gasteiger partial charge in [0.2, 0.25) is 17.7 Å². The number of amides is 3. The standard InChI is InChI=1S/C17H22FN3O4/c1-10(22)6-7-14(16(19)24)21-17(25)15(20-11(2)23)9-12-4-3-5-13(18)8-12/h3-5,8,14-15H,6-7,9H2,1-2H3,(H2,19,24)(H,20,23)(H,21,25)/t14-,15+/m1/s1. The molecule has 25 heavy (non-hydrogen) atoms. The molecule has 1 aromatic rings. The number of nitrogens with two attached hydrogens (primary N) is 1. The van der Waals surface area contributed by atoms with Gasteiger partial charge in [-0.3, -0.25) is 14.4 Å². The normalized spacial score (nSPS) is 12.8. The van der Waals surface area contributed by atoms with Crippen LogP contribution in [0.1, 0.15) is 32.3 Å². The molecule has 0 aliphatic heterocycles. The first-order valence-electron chi connectivity index (χ1n) is 7.79. The van der Waals surface area contributed by atoms with Crippen LogP contribution in [0.3, 0.4) is 0 Å². The number of hydrogen-bond acceptors (Lipinski definition) is 4. The molecule has 0 saturated heterocycles. The summed E-state index contributed by atoms with van der Waals surface area (Å²) in [5, 5.41) is 4.90. The molecule has 0 aliphatic carbocycles. The SMILES string of the molecule is CC(=O)CC[C@@H](NC(=O)[C@H](Cc1cccc(F)c1)NC(C)=O)C(N)=O. The molecule has 0 saturated carbocycles. The fraction of sp³-hybridized carbons (Fsp3) is 0.412. The Balaban J connectivity index is 2.85. The second-order valence-electron chi connectivity index (χ2n) is 5.79. The quantitative estimate of drug-likeness (QED) is 0.589. The highest BCUT2D eigenvalue weighted by molar-refractivity contribution is 5.91. The van der Waals surface area contributed by atoms with E-state index >= 15 is 0 Å². The minimum absolute atomic E-state index is 0.0430. The van der Waals surface area contributed by atoms with Crippen molar-refractivity contribution in [1.29, 1.82) is 0 Å². The van der Waals surface area contributed by atoms with Gasteiger partial charge in [-0.15, -0.1) is 0 Å². The Hall–Kier alpha value is -2.77. The van der Waals surface area contributed by atoms with Gasteiger partial charge in [-0.1, -0.05) is 12.1 Å². The van der Waals surface area contributed by atoms with Crippen molar-refractivity contribution in [3.05, 3.63) is 35.6 Å². The molecular weight excluding hydrogens is 329 g/mol. The van der Waals surface area contributed by atoms with Gasteiger partial charge in [0.1, 0.15) is 23.7 Å². The van der Waals surface area contributed by atoms with Gasteiger partial charge in [0.05, 0.1) is 0 Å². The maximum Gasteiger partial charge on any atom is 0.243 e. The molecule has 7 nitrogen and oxygen atoms in total. The zero-order valence-corrected chi connectivity index (χ0v) is 14.2. The molecule has 8 heteroatoms. The van der Waals surface area contributed by atoms with Crippen LogP contribution in [0.5, 0.6) is 0 Å². The van der Waals surface area contributed by atoms with Crippen LogP contribution in [0.15, 0.2) is 24.3 Å². The van der Waals surface area contributed by atoms with Crippen LogP contribution in [0.4, 0.5) is 4.39 Å². The van der Waals surface area contributed by atoms with Crippen molar-refractivity contribution in [3.8, 4) is 0 Å². The number of Topliss-reactive ketones (excluding diaryl/α,β-unsaturated/α-hetero) is 1. The minimum Gasteiger partial charge on any atom is -0.368 e. The number of carbonyl (C=O) groups is 4. The van der Waals surface area contributed by atoms with Crippen molar-refractivity contribution < 1.29 is 23.6 Å². The zero-order chi connectivity index (χ0) is 19.0. The second kappa shape index (κ2) is 9.51. The smallest absolute Gasteiger partial charge is 0.243 e. The molecule has 0 aliphatic rings. The van der Waals surface area contributed by atoms with Crippen LogP contribution < -0.4 is 16.4 Å². The van der Waals surface area contributed by atoms with E-state index in [1.54, 1.807) is 6.07 Å². The molecule has 0 fully saturated rings. The lowest BCUT2D eigenvalue weighted by Crippen LogP contribution is -2.53. The largest absolute Gasteiger partial charge is 0.368 e. The van der Waals surface area contributed by atoms with E-state index in [1.807, 2.05) is 0 Å². The Bertz CT molecular complexity index is 663. The molecular formula is C17H22FN3O4. The van der Waals surface area contributed by atoms with Crippen molar-refractivity contribution in [3.63, 3.8) is 0 Å². The lowest BCUT2D eigenvalue weighted by atomic mass is 10.0. The number of ketones is 1. The molecule has 0 unspecified atom stereocenters. The summed E-state index contributed by atoms with van der Waals surface area (Å²) in [4.78, 5) is 46.3. The van der Waals surface area contributed by atoms with Crippen LogP contribution in [-0.4, -0.2) is 35.6 Å². The van der Waals surface area contributed by atoms with Gasteiger partial charge in [0, 0.05) is 19.8 Å². The van der Waals surface area contributed by atoms with Crippen LogP contribution >= 0.6 is 0 Å². The third kappa shape index (κ3) is 7.56. The predicted octanol–water partition coefficient (Wildman–Crippen LogP) is 0.212. The highest BCUT2D eigenvalue weighted by Gasteiger charge is 2.25. The van der Waals surface area contributed by atoms with Crippen LogP contribution in [0.2, 0.25) is 0 Å². The maximum absolute atomic E-state index is 13.3. The van der Waals surface area contributed by atoms with Gasteiger partial charge in [0.15, 0.2) is 0 Å². The van der Waals surface area contributed by atoms with Crippen molar-refractivity contribution in [1.82, 2.24) is 10.6 Å². The average molecular weight is 351 g/mol. The van der Waals surface area contributed by atoms with Crippen LogP contribution in [0.25, 0.3) is 0 Å². The second-order valence-corrected chi connectivity index (χ2v) is 5.79. The average Bonchev–Trinajstić information content (AvgIpc) is 2.49. The number of carbonyl (C=O) groups excluding carboxylic acids is 4. The van der Waals surface area contributed by atoms with Gasteiger partial charge in [-0.25, -0.2) is 4.39 Å². The van der Waals surface area contributed by atoms with E-state index in [-0.39, 0.29) is 25.0 Å². The molecule has 3 amide bonds. The summed E-state index contributed by atoms with van der Waals surface area (Å²) in [6.07, 6.45) is 0.202. The summed E-state index contributed by atoms with van der Waals surface area (Å²) >= 11 is 0. The number of rotatable bonds is 9. The summed E-state index contributed by atoms with van der Waals surface area (Å²) in [7, 11) is 0. The first-order valence-corrected chi connectivity index (χ1v) is 7.79. The van der Waals surface area contributed by atoms with E-state index in [4.69, 9.17) is 5.73 Å². The number of nitrogens with one attached hydrogen (secondary N) is 2. The molecule has 0 radical (unpaired) electrons. The predicted molar refractivity (Wildman–Crippen MR) is 88.7 cm³/mol. The number of halogens is 1. The lowest BCUT2D eigenvalue weighted by molar-refractivity contribution is -0.131. The van der Waals surface area contributed by atoms with Gasteiger partial charge in [-0.05, 0) is 31.0 Å². The van der Waals surface area contributed by atoms with E-state index in [9.17, 15) is 23.6 Å². The van der Waals surface area contributed by atoms with Crippen LogP contribution in [0, 0.1) is 5.82 Å². The van der Waals surface area contributed by atoms with Gasteiger partial charge in [-0.2, -0.15) is 0 Å².